The molecule has 116 valence electrons. The predicted molar refractivity (Wildman–Crippen MR) is 78.5 cm³/mol. The summed E-state index contributed by atoms with van der Waals surface area (Å²) < 4.78 is 27.2. The molecule has 1 aromatic rings. The number of sulfonamides is 1. The molecule has 1 aliphatic heterocycles. The third kappa shape index (κ3) is 3.99. The molecule has 0 saturated carbocycles. The zero-order chi connectivity index (χ0) is 15.5. The van der Waals surface area contributed by atoms with E-state index in [1.807, 2.05) is 6.92 Å². The van der Waals surface area contributed by atoms with Crippen LogP contribution < -0.4 is 10.0 Å². The van der Waals surface area contributed by atoms with Crippen molar-refractivity contribution in [3.63, 3.8) is 0 Å². The number of nitro groups is 1. The number of nitrogens with zero attached hydrogens (tertiary/aromatic N) is 1. The lowest BCUT2D eigenvalue weighted by Crippen LogP contribution is -2.44. The first-order valence-electron chi connectivity index (χ1n) is 6.87. The van der Waals surface area contributed by atoms with Crippen LogP contribution in [0.4, 0.5) is 5.69 Å². The number of nitrogens with one attached hydrogen (secondary N) is 2. The molecule has 2 N–H and O–H groups in total. The highest BCUT2D eigenvalue weighted by atomic mass is 32.2. The number of nitro benzene ring substituents is 1. The van der Waals surface area contributed by atoms with E-state index < -0.39 is 14.9 Å². The molecule has 0 aromatic heterocycles. The summed E-state index contributed by atoms with van der Waals surface area (Å²) in [5.74, 6) is 0.229. The van der Waals surface area contributed by atoms with Crippen molar-refractivity contribution in [3.05, 3.63) is 34.4 Å². The summed E-state index contributed by atoms with van der Waals surface area (Å²) in [4.78, 5) is 10.1. The Morgan fingerprint density at radius 3 is 2.86 bits per heavy atom. The average molecular weight is 313 g/mol. The first-order chi connectivity index (χ1) is 9.90. The Balaban J connectivity index is 2.14. The van der Waals surface area contributed by atoms with E-state index in [9.17, 15) is 18.5 Å². The maximum atomic E-state index is 12.3. The third-order valence-electron chi connectivity index (χ3n) is 3.72. The Bertz CT molecular complexity index is 612. The van der Waals surface area contributed by atoms with Crippen LogP contribution in [0.1, 0.15) is 19.8 Å². The van der Waals surface area contributed by atoms with Crippen molar-refractivity contribution < 1.29 is 13.3 Å². The fourth-order valence-electron chi connectivity index (χ4n) is 2.48. The van der Waals surface area contributed by atoms with Crippen LogP contribution in [0.5, 0.6) is 0 Å². The first kappa shape index (κ1) is 15.9. The van der Waals surface area contributed by atoms with Gasteiger partial charge in [-0.3, -0.25) is 10.1 Å². The molecule has 1 saturated heterocycles. The van der Waals surface area contributed by atoms with E-state index in [4.69, 9.17) is 0 Å². The Kier molecular flexibility index (Phi) is 4.92. The van der Waals surface area contributed by atoms with Gasteiger partial charge in [-0.1, -0.05) is 6.07 Å². The highest BCUT2D eigenvalue weighted by molar-refractivity contribution is 7.89. The molecule has 2 unspecified atom stereocenters. The highest BCUT2D eigenvalue weighted by Gasteiger charge is 2.25. The van der Waals surface area contributed by atoms with Gasteiger partial charge in [0.15, 0.2) is 0 Å². The van der Waals surface area contributed by atoms with Gasteiger partial charge in [0.1, 0.15) is 0 Å². The van der Waals surface area contributed by atoms with Gasteiger partial charge in [-0.15, -0.1) is 0 Å². The van der Waals surface area contributed by atoms with Crippen molar-refractivity contribution in [1.29, 1.82) is 0 Å². The van der Waals surface area contributed by atoms with Gasteiger partial charge in [0.2, 0.25) is 10.0 Å². The molecular weight excluding hydrogens is 294 g/mol. The van der Waals surface area contributed by atoms with Crippen molar-refractivity contribution in [3.8, 4) is 0 Å². The maximum Gasteiger partial charge on any atom is 0.270 e. The summed E-state index contributed by atoms with van der Waals surface area (Å²) >= 11 is 0. The molecular formula is C13H19N3O4S. The van der Waals surface area contributed by atoms with Crippen LogP contribution >= 0.6 is 0 Å². The standard InChI is InChI=1S/C13H19N3O4S/c1-10(11-4-3-7-14-9-11)15-21(19,20)13-6-2-5-12(8-13)16(17)18/h2,5-6,8,10-11,14-15H,3-4,7,9H2,1H3. The van der Waals surface area contributed by atoms with Crippen LogP contribution in [0, 0.1) is 16.0 Å². The minimum Gasteiger partial charge on any atom is -0.316 e. The van der Waals surface area contributed by atoms with Crippen molar-refractivity contribution in [1.82, 2.24) is 10.0 Å². The van der Waals surface area contributed by atoms with E-state index in [1.165, 1.54) is 18.2 Å². The molecule has 2 atom stereocenters. The van der Waals surface area contributed by atoms with E-state index in [0.717, 1.165) is 32.0 Å². The Hall–Kier alpha value is -1.51. The van der Waals surface area contributed by atoms with E-state index in [0.29, 0.717) is 0 Å². The second kappa shape index (κ2) is 6.50. The van der Waals surface area contributed by atoms with Crippen molar-refractivity contribution >= 4 is 15.7 Å². The van der Waals surface area contributed by atoms with E-state index in [-0.39, 0.29) is 22.5 Å². The molecule has 7 nitrogen and oxygen atoms in total. The fraction of sp³-hybridized carbons (Fsp3) is 0.538. The molecule has 0 amide bonds. The molecule has 1 aromatic carbocycles. The molecule has 1 aliphatic rings. The van der Waals surface area contributed by atoms with Gasteiger partial charge in [-0.2, -0.15) is 0 Å². The minimum atomic E-state index is -3.75. The largest absolute Gasteiger partial charge is 0.316 e. The molecule has 2 rings (SSSR count). The van der Waals surface area contributed by atoms with Gasteiger partial charge in [0.25, 0.3) is 5.69 Å². The summed E-state index contributed by atoms with van der Waals surface area (Å²) in [5.41, 5.74) is -0.232. The summed E-state index contributed by atoms with van der Waals surface area (Å²) in [7, 11) is -3.75. The summed E-state index contributed by atoms with van der Waals surface area (Å²) in [5, 5.41) is 14.0. The molecule has 0 aliphatic carbocycles. The van der Waals surface area contributed by atoms with E-state index >= 15 is 0 Å². The van der Waals surface area contributed by atoms with Gasteiger partial charge in [0, 0.05) is 18.2 Å². The van der Waals surface area contributed by atoms with Gasteiger partial charge in [-0.05, 0) is 44.8 Å². The Morgan fingerprint density at radius 1 is 1.48 bits per heavy atom. The number of hydrogen-bond acceptors (Lipinski definition) is 5. The molecule has 0 bridgehead atoms. The van der Waals surface area contributed by atoms with Crippen molar-refractivity contribution in [2.24, 2.45) is 5.92 Å². The van der Waals surface area contributed by atoms with Crippen LogP contribution in [0.2, 0.25) is 0 Å². The van der Waals surface area contributed by atoms with Crippen molar-refractivity contribution in [2.45, 2.75) is 30.7 Å². The van der Waals surface area contributed by atoms with Crippen LogP contribution in [-0.2, 0) is 10.0 Å². The Morgan fingerprint density at radius 2 is 2.24 bits per heavy atom. The normalized spacial score (nSPS) is 20.9. The number of piperidine rings is 1. The SMILES string of the molecule is CC(NS(=O)(=O)c1cccc([N+](=O)[O-])c1)C1CCCNC1. The number of benzene rings is 1. The van der Waals surface area contributed by atoms with Gasteiger partial charge >= 0.3 is 0 Å². The molecule has 8 heteroatoms. The molecule has 1 heterocycles. The van der Waals surface area contributed by atoms with Crippen molar-refractivity contribution in [2.75, 3.05) is 13.1 Å². The monoisotopic (exact) mass is 313 g/mol. The fourth-order valence-corrected chi connectivity index (χ4v) is 3.83. The zero-order valence-electron chi connectivity index (χ0n) is 11.8. The van der Waals surface area contributed by atoms with E-state index in [1.54, 1.807) is 0 Å². The first-order valence-corrected chi connectivity index (χ1v) is 8.36. The van der Waals surface area contributed by atoms with Crippen LogP contribution in [0.25, 0.3) is 0 Å². The average Bonchev–Trinajstić information content (AvgIpc) is 2.48. The summed E-state index contributed by atoms with van der Waals surface area (Å²) in [6.07, 6.45) is 1.99. The van der Waals surface area contributed by atoms with Crippen LogP contribution in [0.3, 0.4) is 0 Å². The number of hydrogen-bond donors (Lipinski definition) is 2. The number of rotatable bonds is 5. The second-order valence-corrected chi connectivity index (χ2v) is 6.98. The second-order valence-electron chi connectivity index (χ2n) is 5.27. The molecule has 21 heavy (non-hydrogen) atoms. The van der Waals surface area contributed by atoms with E-state index in [2.05, 4.69) is 10.0 Å². The smallest absolute Gasteiger partial charge is 0.270 e. The quantitative estimate of drug-likeness (QED) is 0.629. The highest BCUT2D eigenvalue weighted by Crippen LogP contribution is 2.20. The van der Waals surface area contributed by atoms with Crippen LogP contribution in [0.15, 0.2) is 29.2 Å². The predicted octanol–water partition coefficient (Wildman–Crippen LogP) is 1.26. The zero-order valence-corrected chi connectivity index (χ0v) is 12.6. The van der Waals surface area contributed by atoms with Crippen LogP contribution in [-0.4, -0.2) is 32.5 Å². The minimum absolute atomic E-state index is 0.0766. The summed E-state index contributed by atoms with van der Waals surface area (Å²) in [6.45, 7) is 3.56. The van der Waals surface area contributed by atoms with Gasteiger partial charge in [0.05, 0.1) is 9.82 Å². The maximum absolute atomic E-state index is 12.3. The molecule has 1 fully saturated rings. The lowest BCUT2D eigenvalue weighted by molar-refractivity contribution is -0.385. The van der Waals surface area contributed by atoms with Gasteiger partial charge in [-0.25, -0.2) is 13.1 Å². The number of non-ortho nitro benzene ring substituents is 1. The summed E-state index contributed by atoms with van der Waals surface area (Å²) in [6, 6.07) is 4.87. The molecule has 0 spiro atoms. The Labute approximate surface area is 123 Å². The third-order valence-corrected chi connectivity index (χ3v) is 5.28. The lowest BCUT2D eigenvalue weighted by Gasteiger charge is -2.28. The topological polar surface area (TPSA) is 101 Å². The molecule has 0 radical (unpaired) electrons. The lowest BCUT2D eigenvalue weighted by atomic mass is 9.94. The van der Waals surface area contributed by atoms with Gasteiger partial charge < -0.3 is 5.32 Å².